The summed E-state index contributed by atoms with van der Waals surface area (Å²) in [5.74, 6) is -0.990. The molecule has 0 saturated carbocycles. The highest BCUT2D eigenvalue weighted by Gasteiger charge is 2.04. The quantitative estimate of drug-likeness (QED) is 0.503. The summed E-state index contributed by atoms with van der Waals surface area (Å²) in [6.45, 7) is 7.12. The minimum absolute atomic E-state index is 0.197. The van der Waals surface area contributed by atoms with Gasteiger partial charge in [0.1, 0.15) is 0 Å². The topological polar surface area (TPSA) is 87.7 Å². The molecule has 0 radical (unpaired) electrons. The molecule has 1 aromatic carbocycles. The van der Waals surface area contributed by atoms with Gasteiger partial charge in [-0.3, -0.25) is 0 Å². The van der Waals surface area contributed by atoms with Crippen molar-refractivity contribution < 1.29 is 19.4 Å². The van der Waals surface area contributed by atoms with E-state index in [1.54, 1.807) is 12.1 Å². The molecule has 0 aliphatic rings. The maximum absolute atomic E-state index is 11.5. The summed E-state index contributed by atoms with van der Waals surface area (Å²) in [4.78, 5) is 22.3. The zero-order valence-electron chi connectivity index (χ0n) is 12.0. The van der Waals surface area contributed by atoms with Crippen molar-refractivity contribution in [3.05, 3.63) is 47.5 Å². The first-order valence-electron chi connectivity index (χ1n) is 6.55. The first-order chi connectivity index (χ1) is 9.99. The van der Waals surface area contributed by atoms with Gasteiger partial charge in [0, 0.05) is 13.1 Å². The molecule has 6 nitrogen and oxygen atoms in total. The standard InChI is InChI=1S/C15H20N2O4/c1-11(2)10-21-7-6-16-15(20)17-9-12-4-3-5-13(8-12)14(18)19/h3-5,8H,1,6-7,9-10H2,2H3,(H,18,19)(H2,16,17,20). The van der Waals surface area contributed by atoms with Gasteiger partial charge in [-0.15, -0.1) is 0 Å². The molecule has 0 aromatic heterocycles. The van der Waals surface area contributed by atoms with Crippen LogP contribution in [0.2, 0.25) is 0 Å². The van der Waals surface area contributed by atoms with Crippen LogP contribution in [0, 0.1) is 0 Å². The molecule has 0 saturated heterocycles. The number of aromatic carboxylic acids is 1. The van der Waals surface area contributed by atoms with E-state index in [9.17, 15) is 9.59 Å². The maximum atomic E-state index is 11.5. The molecule has 2 amide bonds. The van der Waals surface area contributed by atoms with Crippen LogP contribution < -0.4 is 10.6 Å². The van der Waals surface area contributed by atoms with Crippen LogP contribution in [0.4, 0.5) is 4.79 Å². The van der Waals surface area contributed by atoms with Crippen LogP contribution in [0.1, 0.15) is 22.8 Å². The number of carbonyl (C=O) groups excluding carboxylic acids is 1. The first kappa shape index (κ1) is 16.7. The lowest BCUT2D eigenvalue weighted by molar-refractivity contribution is 0.0696. The number of nitrogens with one attached hydrogen (secondary N) is 2. The summed E-state index contributed by atoms with van der Waals surface area (Å²) < 4.78 is 5.24. The third kappa shape index (κ3) is 7.12. The highest BCUT2D eigenvalue weighted by atomic mass is 16.5. The third-order valence-electron chi connectivity index (χ3n) is 2.51. The SMILES string of the molecule is C=C(C)COCCNC(=O)NCc1cccc(C(=O)O)c1. The molecular formula is C15H20N2O4. The predicted molar refractivity (Wildman–Crippen MR) is 79.3 cm³/mol. The van der Waals surface area contributed by atoms with Crippen LogP contribution in [-0.2, 0) is 11.3 Å². The number of rotatable bonds is 8. The number of benzene rings is 1. The van der Waals surface area contributed by atoms with E-state index in [1.807, 2.05) is 6.92 Å². The van der Waals surface area contributed by atoms with Crippen molar-refractivity contribution in [1.82, 2.24) is 10.6 Å². The van der Waals surface area contributed by atoms with E-state index in [1.165, 1.54) is 12.1 Å². The molecule has 21 heavy (non-hydrogen) atoms. The minimum atomic E-state index is -0.990. The van der Waals surface area contributed by atoms with E-state index in [0.717, 1.165) is 11.1 Å². The van der Waals surface area contributed by atoms with Gasteiger partial charge >= 0.3 is 12.0 Å². The lowest BCUT2D eigenvalue weighted by atomic mass is 10.1. The normalized spacial score (nSPS) is 9.95. The molecule has 0 aliphatic carbocycles. The molecule has 1 rings (SSSR count). The van der Waals surface area contributed by atoms with Crippen LogP contribution >= 0.6 is 0 Å². The molecule has 0 spiro atoms. The fourth-order valence-electron chi connectivity index (χ4n) is 1.54. The summed E-state index contributed by atoms with van der Waals surface area (Å²) in [5, 5.41) is 14.2. The predicted octanol–water partition coefficient (Wildman–Crippen LogP) is 1.78. The Labute approximate surface area is 123 Å². The van der Waals surface area contributed by atoms with E-state index in [0.29, 0.717) is 19.8 Å². The van der Waals surface area contributed by atoms with Crippen molar-refractivity contribution in [2.45, 2.75) is 13.5 Å². The van der Waals surface area contributed by atoms with Crippen molar-refractivity contribution in [2.24, 2.45) is 0 Å². The highest BCUT2D eigenvalue weighted by Crippen LogP contribution is 2.04. The minimum Gasteiger partial charge on any atom is -0.478 e. The number of amides is 2. The Morgan fingerprint density at radius 1 is 1.33 bits per heavy atom. The van der Waals surface area contributed by atoms with Crippen LogP contribution in [0.25, 0.3) is 0 Å². The Bertz CT molecular complexity index is 514. The average molecular weight is 292 g/mol. The number of carbonyl (C=O) groups is 2. The van der Waals surface area contributed by atoms with Crippen LogP contribution in [0.3, 0.4) is 0 Å². The van der Waals surface area contributed by atoms with Crippen molar-refractivity contribution in [3.63, 3.8) is 0 Å². The van der Waals surface area contributed by atoms with Gasteiger partial charge in [-0.25, -0.2) is 9.59 Å². The van der Waals surface area contributed by atoms with Gasteiger partial charge in [0.05, 0.1) is 18.8 Å². The monoisotopic (exact) mass is 292 g/mol. The van der Waals surface area contributed by atoms with Gasteiger partial charge in [-0.05, 0) is 24.6 Å². The highest BCUT2D eigenvalue weighted by molar-refractivity contribution is 5.87. The molecule has 0 unspecified atom stereocenters. The van der Waals surface area contributed by atoms with Gasteiger partial charge in [0.2, 0.25) is 0 Å². The van der Waals surface area contributed by atoms with Crippen LogP contribution in [0.5, 0.6) is 0 Å². The average Bonchev–Trinajstić information content (AvgIpc) is 2.44. The van der Waals surface area contributed by atoms with Gasteiger partial charge in [0.25, 0.3) is 0 Å². The number of urea groups is 1. The Kier molecular flexibility index (Phi) is 6.97. The van der Waals surface area contributed by atoms with Crippen molar-refractivity contribution >= 4 is 12.0 Å². The molecule has 0 atom stereocenters. The van der Waals surface area contributed by atoms with Gasteiger partial charge in [-0.2, -0.15) is 0 Å². The molecule has 6 heteroatoms. The molecule has 0 fully saturated rings. The number of carboxylic acids is 1. The van der Waals surface area contributed by atoms with Crippen molar-refractivity contribution in [3.8, 4) is 0 Å². The Hall–Kier alpha value is -2.34. The molecule has 0 heterocycles. The largest absolute Gasteiger partial charge is 0.478 e. The maximum Gasteiger partial charge on any atom is 0.335 e. The van der Waals surface area contributed by atoms with E-state index < -0.39 is 5.97 Å². The molecule has 3 N–H and O–H groups in total. The first-order valence-corrected chi connectivity index (χ1v) is 6.55. The molecular weight excluding hydrogens is 272 g/mol. The zero-order valence-corrected chi connectivity index (χ0v) is 12.0. The molecule has 114 valence electrons. The lowest BCUT2D eigenvalue weighted by Gasteiger charge is -2.08. The number of carboxylic acid groups (broad SMARTS) is 1. The lowest BCUT2D eigenvalue weighted by Crippen LogP contribution is -2.37. The summed E-state index contributed by atoms with van der Waals surface area (Å²) in [7, 11) is 0. The fourth-order valence-corrected chi connectivity index (χ4v) is 1.54. The molecule has 0 bridgehead atoms. The second-order valence-corrected chi connectivity index (χ2v) is 4.62. The Morgan fingerprint density at radius 2 is 2.10 bits per heavy atom. The Morgan fingerprint density at radius 3 is 2.76 bits per heavy atom. The second-order valence-electron chi connectivity index (χ2n) is 4.62. The fraction of sp³-hybridized carbons (Fsp3) is 0.333. The van der Waals surface area contributed by atoms with Crippen molar-refractivity contribution in [2.75, 3.05) is 19.8 Å². The van der Waals surface area contributed by atoms with E-state index in [-0.39, 0.29) is 18.1 Å². The third-order valence-corrected chi connectivity index (χ3v) is 2.51. The smallest absolute Gasteiger partial charge is 0.335 e. The second kappa shape index (κ2) is 8.76. The van der Waals surface area contributed by atoms with Crippen LogP contribution in [0.15, 0.2) is 36.4 Å². The van der Waals surface area contributed by atoms with Gasteiger partial charge < -0.3 is 20.5 Å². The molecule has 1 aromatic rings. The van der Waals surface area contributed by atoms with Crippen molar-refractivity contribution in [1.29, 1.82) is 0 Å². The van der Waals surface area contributed by atoms with E-state index in [4.69, 9.17) is 9.84 Å². The van der Waals surface area contributed by atoms with E-state index in [2.05, 4.69) is 17.2 Å². The summed E-state index contributed by atoms with van der Waals surface area (Å²) in [6.07, 6.45) is 0. The van der Waals surface area contributed by atoms with Gasteiger partial charge in [-0.1, -0.05) is 24.3 Å². The Balaban J connectivity index is 2.25. The number of hydrogen-bond acceptors (Lipinski definition) is 3. The summed E-state index contributed by atoms with van der Waals surface area (Å²) >= 11 is 0. The van der Waals surface area contributed by atoms with E-state index >= 15 is 0 Å². The number of hydrogen-bond donors (Lipinski definition) is 3. The zero-order chi connectivity index (χ0) is 15.7. The summed E-state index contributed by atoms with van der Waals surface area (Å²) in [5.41, 5.74) is 1.85. The summed E-state index contributed by atoms with van der Waals surface area (Å²) in [6, 6.07) is 6.10. The number of ether oxygens (including phenoxy) is 1. The van der Waals surface area contributed by atoms with Crippen LogP contribution in [-0.4, -0.2) is 36.9 Å². The van der Waals surface area contributed by atoms with Gasteiger partial charge in [0.15, 0.2) is 0 Å². The molecule has 0 aliphatic heterocycles.